The number of rotatable bonds is 10. The second kappa shape index (κ2) is 11.8. The van der Waals surface area contributed by atoms with E-state index in [2.05, 4.69) is 10.5 Å². The summed E-state index contributed by atoms with van der Waals surface area (Å²) in [7, 11) is 0. The minimum atomic E-state index is -0.548. The summed E-state index contributed by atoms with van der Waals surface area (Å²) in [6.45, 7) is 2.14. The van der Waals surface area contributed by atoms with Crippen molar-refractivity contribution in [3.8, 4) is 17.2 Å². The summed E-state index contributed by atoms with van der Waals surface area (Å²) in [6.07, 6.45) is 5.72. The zero-order valence-corrected chi connectivity index (χ0v) is 17.4. The molecule has 0 aliphatic rings. The van der Waals surface area contributed by atoms with E-state index in [4.69, 9.17) is 18.6 Å². The van der Waals surface area contributed by atoms with Crippen molar-refractivity contribution in [2.45, 2.75) is 6.92 Å². The molecule has 0 bridgehead atoms. The van der Waals surface area contributed by atoms with Crippen molar-refractivity contribution >= 4 is 24.2 Å². The Hall–Kier alpha value is -4.33. The lowest BCUT2D eigenvalue weighted by molar-refractivity contribution is -0.129. The predicted octanol–water partition coefficient (Wildman–Crippen LogP) is 3.83. The second-order valence-corrected chi connectivity index (χ2v) is 6.30. The molecule has 0 aliphatic heterocycles. The first kappa shape index (κ1) is 22.4. The maximum atomic E-state index is 12.0. The lowest BCUT2D eigenvalue weighted by atomic mass is 10.2. The number of esters is 1. The number of carbonyl (C=O) groups is 2. The number of carbonyl (C=O) groups excluding carboxylic acids is 2. The first-order valence-corrected chi connectivity index (χ1v) is 9.84. The van der Waals surface area contributed by atoms with Crippen LogP contribution in [0.3, 0.4) is 0 Å². The molecule has 0 saturated carbocycles. The Balaban J connectivity index is 1.48. The molecular formula is C24H22N2O6. The van der Waals surface area contributed by atoms with Crippen LogP contribution in [-0.4, -0.2) is 31.3 Å². The monoisotopic (exact) mass is 434 g/mol. The van der Waals surface area contributed by atoms with Gasteiger partial charge >= 0.3 is 5.97 Å². The van der Waals surface area contributed by atoms with E-state index in [0.717, 1.165) is 0 Å². The van der Waals surface area contributed by atoms with Crippen LogP contribution in [0.4, 0.5) is 0 Å². The van der Waals surface area contributed by atoms with E-state index >= 15 is 0 Å². The van der Waals surface area contributed by atoms with Gasteiger partial charge in [-0.05, 0) is 55.0 Å². The van der Waals surface area contributed by atoms with Gasteiger partial charge in [-0.1, -0.05) is 24.3 Å². The van der Waals surface area contributed by atoms with Gasteiger partial charge < -0.3 is 18.6 Å². The number of furan rings is 1. The van der Waals surface area contributed by atoms with Crippen molar-refractivity contribution in [3.05, 3.63) is 84.3 Å². The van der Waals surface area contributed by atoms with Crippen LogP contribution in [0.2, 0.25) is 0 Å². The van der Waals surface area contributed by atoms with Crippen molar-refractivity contribution in [1.82, 2.24) is 5.43 Å². The van der Waals surface area contributed by atoms with Gasteiger partial charge in [0.1, 0.15) is 11.5 Å². The van der Waals surface area contributed by atoms with E-state index < -0.39 is 11.9 Å². The second-order valence-electron chi connectivity index (χ2n) is 6.30. The first-order chi connectivity index (χ1) is 15.6. The molecule has 1 amide bonds. The van der Waals surface area contributed by atoms with E-state index in [1.165, 1.54) is 24.6 Å². The summed E-state index contributed by atoms with van der Waals surface area (Å²) >= 11 is 0. The molecule has 164 valence electrons. The lowest BCUT2D eigenvalue weighted by Crippen LogP contribution is -2.24. The Morgan fingerprint density at radius 2 is 1.84 bits per heavy atom. The van der Waals surface area contributed by atoms with Gasteiger partial charge in [0.15, 0.2) is 18.1 Å². The van der Waals surface area contributed by atoms with Crippen molar-refractivity contribution < 1.29 is 28.2 Å². The minimum Gasteiger partial charge on any atom is -0.490 e. The van der Waals surface area contributed by atoms with E-state index in [1.807, 2.05) is 13.0 Å². The zero-order valence-electron chi connectivity index (χ0n) is 17.4. The van der Waals surface area contributed by atoms with Gasteiger partial charge in [0.2, 0.25) is 0 Å². The molecular weight excluding hydrogens is 412 g/mol. The number of amides is 1. The number of nitrogens with one attached hydrogen (secondary N) is 1. The Morgan fingerprint density at radius 1 is 1.03 bits per heavy atom. The van der Waals surface area contributed by atoms with Crippen molar-refractivity contribution in [2.24, 2.45) is 5.10 Å². The molecule has 3 rings (SSSR count). The van der Waals surface area contributed by atoms with Crippen LogP contribution in [0.15, 0.2) is 82.5 Å². The van der Waals surface area contributed by atoms with Gasteiger partial charge in [-0.25, -0.2) is 10.2 Å². The number of ether oxygens (including phenoxy) is 3. The largest absolute Gasteiger partial charge is 0.490 e. The molecule has 1 aromatic heterocycles. The zero-order chi connectivity index (χ0) is 22.6. The Bertz CT molecular complexity index is 1090. The normalized spacial score (nSPS) is 10.9. The van der Waals surface area contributed by atoms with Crippen LogP contribution in [0.25, 0.3) is 6.08 Å². The molecule has 32 heavy (non-hydrogen) atoms. The molecule has 0 radical (unpaired) electrons. The molecule has 0 fully saturated rings. The van der Waals surface area contributed by atoms with Gasteiger partial charge in [0.25, 0.3) is 5.91 Å². The first-order valence-electron chi connectivity index (χ1n) is 9.84. The summed E-state index contributed by atoms with van der Waals surface area (Å²) in [6, 6.07) is 17.2. The number of hydrazone groups is 1. The van der Waals surface area contributed by atoms with E-state index in [1.54, 1.807) is 54.6 Å². The summed E-state index contributed by atoms with van der Waals surface area (Å²) in [5.41, 5.74) is 3.02. The minimum absolute atomic E-state index is 0.221. The fourth-order valence-electron chi connectivity index (χ4n) is 2.54. The highest BCUT2D eigenvalue weighted by atomic mass is 16.5. The molecule has 0 spiro atoms. The third-order valence-corrected chi connectivity index (χ3v) is 3.91. The van der Waals surface area contributed by atoms with Gasteiger partial charge in [-0.3, -0.25) is 4.79 Å². The summed E-state index contributed by atoms with van der Waals surface area (Å²) in [5, 5.41) is 3.90. The maximum Gasteiger partial charge on any atom is 0.336 e. The van der Waals surface area contributed by atoms with Crippen LogP contribution in [-0.2, 0) is 9.59 Å². The van der Waals surface area contributed by atoms with Crippen molar-refractivity contribution in [1.29, 1.82) is 0 Å². The standard InChI is InChI=1S/C24H22N2O6/c1-2-29-21-10-3-4-11-22(21)31-17-23(27)26-25-16-18-7-5-8-20(15-18)32-24(28)13-12-19-9-6-14-30-19/h3-16H,2,17H2,1H3,(H,26,27)/b13-12+,25-16-. The highest BCUT2D eigenvalue weighted by molar-refractivity contribution is 5.89. The Labute approximate surface area is 185 Å². The van der Waals surface area contributed by atoms with Crippen LogP contribution in [0.5, 0.6) is 17.2 Å². The highest BCUT2D eigenvalue weighted by Crippen LogP contribution is 2.26. The molecule has 8 heteroatoms. The third-order valence-electron chi connectivity index (χ3n) is 3.91. The number of hydrogen-bond donors (Lipinski definition) is 1. The SMILES string of the molecule is CCOc1ccccc1OCC(=O)N/N=C\c1cccc(OC(=O)/C=C/c2ccco2)c1. The summed E-state index contributed by atoms with van der Waals surface area (Å²) in [5.74, 6) is 0.946. The Kier molecular flexibility index (Phi) is 8.21. The van der Waals surface area contributed by atoms with Crippen molar-refractivity contribution in [3.63, 3.8) is 0 Å². The molecule has 3 aromatic rings. The molecule has 0 aliphatic carbocycles. The molecule has 0 unspecified atom stereocenters. The van der Waals surface area contributed by atoms with Crippen LogP contribution in [0.1, 0.15) is 18.2 Å². The molecule has 0 atom stereocenters. The number of hydrogen-bond acceptors (Lipinski definition) is 7. The third kappa shape index (κ3) is 7.17. The fourth-order valence-corrected chi connectivity index (χ4v) is 2.54. The molecule has 0 saturated heterocycles. The maximum absolute atomic E-state index is 12.0. The van der Waals surface area contributed by atoms with E-state index in [0.29, 0.717) is 35.2 Å². The lowest BCUT2D eigenvalue weighted by Gasteiger charge is -2.10. The quantitative estimate of drug-likeness (QED) is 0.171. The molecule has 1 N–H and O–H groups in total. The molecule has 8 nitrogen and oxygen atoms in total. The van der Waals surface area contributed by atoms with Gasteiger partial charge in [-0.2, -0.15) is 5.10 Å². The van der Waals surface area contributed by atoms with Crippen LogP contribution in [0, 0.1) is 0 Å². The highest BCUT2D eigenvalue weighted by Gasteiger charge is 2.07. The fraction of sp³-hybridized carbons (Fsp3) is 0.125. The predicted molar refractivity (Wildman–Crippen MR) is 119 cm³/mol. The van der Waals surface area contributed by atoms with Gasteiger partial charge in [-0.15, -0.1) is 0 Å². The van der Waals surface area contributed by atoms with Gasteiger partial charge in [0, 0.05) is 6.08 Å². The molecule has 1 heterocycles. The van der Waals surface area contributed by atoms with E-state index in [-0.39, 0.29) is 6.61 Å². The van der Waals surface area contributed by atoms with Crippen LogP contribution >= 0.6 is 0 Å². The number of para-hydroxylation sites is 2. The van der Waals surface area contributed by atoms with Crippen LogP contribution < -0.4 is 19.6 Å². The average Bonchev–Trinajstić information content (AvgIpc) is 3.31. The Morgan fingerprint density at radius 3 is 2.59 bits per heavy atom. The number of nitrogens with zero attached hydrogens (tertiary/aromatic N) is 1. The summed E-state index contributed by atoms with van der Waals surface area (Å²) in [4.78, 5) is 23.9. The molecule has 2 aromatic carbocycles. The average molecular weight is 434 g/mol. The topological polar surface area (TPSA) is 99.4 Å². The van der Waals surface area contributed by atoms with E-state index in [9.17, 15) is 9.59 Å². The number of benzene rings is 2. The smallest absolute Gasteiger partial charge is 0.336 e. The summed E-state index contributed by atoms with van der Waals surface area (Å²) < 4.78 is 21.3. The van der Waals surface area contributed by atoms with Gasteiger partial charge in [0.05, 0.1) is 19.1 Å². The van der Waals surface area contributed by atoms with Crippen molar-refractivity contribution in [2.75, 3.05) is 13.2 Å².